The first-order valence-electron chi connectivity index (χ1n) is 9.35. The van der Waals surface area contributed by atoms with E-state index in [1.165, 1.54) is 31.4 Å². The van der Waals surface area contributed by atoms with E-state index in [4.69, 9.17) is 5.73 Å². The van der Waals surface area contributed by atoms with Crippen LogP contribution in [0.15, 0.2) is 42.6 Å². The predicted molar refractivity (Wildman–Crippen MR) is 99.7 cm³/mol. The molecule has 4 rings (SSSR count). The number of benzene rings is 1. The van der Waals surface area contributed by atoms with Gasteiger partial charge in [-0.25, -0.2) is 9.97 Å². The number of hydrogen-bond acceptors (Lipinski definition) is 5. The lowest BCUT2D eigenvalue weighted by atomic mass is 9.83. The van der Waals surface area contributed by atoms with Crippen molar-refractivity contribution in [1.29, 1.82) is 0 Å². The van der Waals surface area contributed by atoms with Gasteiger partial charge in [0.05, 0.1) is 6.54 Å². The van der Waals surface area contributed by atoms with Crippen LogP contribution in [0.1, 0.15) is 30.7 Å². The molecule has 2 fully saturated rings. The van der Waals surface area contributed by atoms with Gasteiger partial charge in [0.25, 0.3) is 0 Å². The van der Waals surface area contributed by atoms with E-state index >= 15 is 0 Å². The lowest BCUT2D eigenvalue weighted by Gasteiger charge is -2.47. The van der Waals surface area contributed by atoms with E-state index in [0.717, 1.165) is 37.9 Å². The van der Waals surface area contributed by atoms with Gasteiger partial charge < -0.3 is 5.73 Å². The van der Waals surface area contributed by atoms with E-state index < -0.39 is 0 Å². The summed E-state index contributed by atoms with van der Waals surface area (Å²) in [5, 5.41) is 0. The summed E-state index contributed by atoms with van der Waals surface area (Å²) in [5.41, 5.74) is 7.21. The first-order chi connectivity index (χ1) is 12.3. The molecular formula is C20H27N5. The number of fused-ring (bicyclic) bond motifs is 1. The monoisotopic (exact) mass is 337 g/mol. The number of likely N-dealkylation sites (tertiary alicyclic amines) is 2. The Labute approximate surface area is 149 Å². The van der Waals surface area contributed by atoms with E-state index in [0.29, 0.717) is 11.9 Å². The van der Waals surface area contributed by atoms with Crippen molar-refractivity contribution in [2.75, 3.05) is 25.4 Å². The highest BCUT2D eigenvalue weighted by atomic mass is 15.2. The van der Waals surface area contributed by atoms with Gasteiger partial charge in [-0.3, -0.25) is 9.80 Å². The van der Waals surface area contributed by atoms with Crippen LogP contribution in [0.5, 0.6) is 0 Å². The Morgan fingerprint density at radius 1 is 1.04 bits per heavy atom. The van der Waals surface area contributed by atoms with Crippen LogP contribution in [0.4, 0.5) is 5.82 Å². The predicted octanol–water partition coefficient (Wildman–Crippen LogP) is 2.55. The highest BCUT2D eigenvalue weighted by Crippen LogP contribution is 2.32. The molecule has 0 spiro atoms. The number of nitrogens with two attached hydrogens (primary N) is 1. The average Bonchev–Trinajstić information content (AvgIpc) is 2.63. The molecular weight excluding hydrogens is 310 g/mol. The van der Waals surface area contributed by atoms with E-state index in [9.17, 15) is 0 Å². The fourth-order valence-electron chi connectivity index (χ4n) is 4.43. The number of hydrogen-bond donors (Lipinski definition) is 1. The van der Waals surface area contributed by atoms with Crippen molar-refractivity contribution < 1.29 is 0 Å². The Balaban J connectivity index is 1.38. The van der Waals surface area contributed by atoms with Gasteiger partial charge >= 0.3 is 0 Å². The summed E-state index contributed by atoms with van der Waals surface area (Å²) < 4.78 is 0. The second-order valence-electron chi connectivity index (χ2n) is 7.35. The maximum Gasteiger partial charge on any atom is 0.144 e. The Kier molecular flexibility index (Phi) is 4.95. The van der Waals surface area contributed by atoms with Gasteiger partial charge in [0.1, 0.15) is 11.6 Å². The van der Waals surface area contributed by atoms with Crippen molar-refractivity contribution >= 4 is 5.82 Å². The molecule has 0 amide bonds. The van der Waals surface area contributed by atoms with Gasteiger partial charge in [-0.2, -0.15) is 0 Å². The Hall–Kier alpha value is -1.98. The number of nitrogens with zero attached hydrogens (tertiary/aromatic N) is 4. The fourth-order valence-corrected chi connectivity index (χ4v) is 4.43. The molecule has 5 heteroatoms. The zero-order chi connectivity index (χ0) is 17.1. The summed E-state index contributed by atoms with van der Waals surface area (Å²) in [6.07, 6.45) is 5.63. The zero-order valence-electron chi connectivity index (χ0n) is 14.7. The third-order valence-electron chi connectivity index (χ3n) is 5.59. The smallest absolute Gasteiger partial charge is 0.144 e. The molecule has 2 saturated heterocycles. The number of piperidine rings is 2. The molecule has 3 heterocycles. The highest BCUT2D eigenvalue weighted by molar-refractivity contribution is 5.25. The molecule has 0 aliphatic carbocycles. The van der Waals surface area contributed by atoms with Crippen LogP contribution in [0.25, 0.3) is 0 Å². The molecule has 2 atom stereocenters. The Bertz CT molecular complexity index is 689. The van der Waals surface area contributed by atoms with Crippen LogP contribution in [-0.4, -0.2) is 45.4 Å². The number of nitrogen functional groups attached to an aromatic ring is 1. The minimum Gasteiger partial charge on any atom is -0.384 e. The van der Waals surface area contributed by atoms with Gasteiger partial charge in [-0.05, 0) is 43.4 Å². The number of anilines is 1. The topological polar surface area (TPSA) is 58.3 Å². The maximum atomic E-state index is 5.79. The van der Waals surface area contributed by atoms with Crippen LogP contribution in [0.2, 0.25) is 0 Å². The second-order valence-corrected chi connectivity index (χ2v) is 7.35. The van der Waals surface area contributed by atoms with Crippen LogP contribution in [0, 0.1) is 5.92 Å². The Morgan fingerprint density at radius 3 is 2.76 bits per heavy atom. The van der Waals surface area contributed by atoms with Crippen molar-refractivity contribution in [3.63, 3.8) is 0 Å². The first-order valence-corrected chi connectivity index (χ1v) is 9.35. The molecule has 2 aromatic rings. The van der Waals surface area contributed by atoms with Gasteiger partial charge in [0, 0.05) is 31.9 Å². The average molecular weight is 337 g/mol. The zero-order valence-corrected chi connectivity index (χ0v) is 14.7. The molecule has 25 heavy (non-hydrogen) atoms. The molecule has 0 saturated carbocycles. The summed E-state index contributed by atoms with van der Waals surface area (Å²) in [6, 6.07) is 13.3. The summed E-state index contributed by atoms with van der Waals surface area (Å²) >= 11 is 0. The van der Waals surface area contributed by atoms with Crippen molar-refractivity contribution in [2.24, 2.45) is 5.92 Å². The first kappa shape index (κ1) is 16.5. The van der Waals surface area contributed by atoms with Crippen LogP contribution >= 0.6 is 0 Å². The van der Waals surface area contributed by atoms with Crippen LogP contribution in [-0.2, 0) is 13.1 Å². The summed E-state index contributed by atoms with van der Waals surface area (Å²) in [4.78, 5) is 13.9. The molecule has 5 nitrogen and oxygen atoms in total. The largest absolute Gasteiger partial charge is 0.384 e. The molecule has 0 unspecified atom stereocenters. The molecule has 2 N–H and O–H groups in total. The number of rotatable bonds is 4. The number of aromatic nitrogens is 2. The summed E-state index contributed by atoms with van der Waals surface area (Å²) in [6.45, 7) is 5.39. The lowest BCUT2D eigenvalue weighted by molar-refractivity contribution is 0.0148. The maximum absolute atomic E-state index is 5.79. The third-order valence-corrected chi connectivity index (χ3v) is 5.59. The van der Waals surface area contributed by atoms with E-state index in [1.54, 1.807) is 12.3 Å². The van der Waals surface area contributed by atoms with E-state index in [2.05, 4.69) is 50.1 Å². The normalized spacial score (nSPS) is 24.8. The van der Waals surface area contributed by atoms with E-state index in [1.807, 2.05) is 0 Å². The van der Waals surface area contributed by atoms with Crippen molar-refractivity contribution in [1.82, 2.24) is 19.8 Å². The molecule has 132 valence electrons. The van der Waals surface area contributed by atoms with Gasteiger partial charge in [0.2, 0.25) is 0 Å². The van der Waals surface area contributed by atoms with Crippen molar-refractivity contribution in [3.8, 4) is 0 Å². The van der Waals surface area contributed by atoms with Gasteiger partial charge in [-0.15, -0.1) is 0 Å². The van der Waals surface area contributed by atoms with Crippen molar-refractivity contribution in [3.05, 3.63) is 54.0 Å². The summed E-state index contributed by atoms with van der Waals surface area (Å²) in [5.74, 6) is 2.16. The molecule has 2 aliphatic rings. The third kappa shape index (κ3) is 3.99. The van der Waals surface area contributed by atoms with Gasteiger partial charge in [0.15, 0.2) is 0 Å². The Morgan fingerprint density at radius 2 is 1.92 bits per heavy atom. The van der Waals surface area contributed by atoms with Gasteiger partial charge in [-0.1, -0.05) is 30.3 Å². The summed E-state index contributed by atoms with van der Waals surface area (Å²) in [7, 11) is 0. The molecule has 0 bridgehead atoms. The van der Waals surface area contributed by atoms with Crippen LogP contribution < -0.4 is 5.73 Å². The fraction of sp³-hybridized carbons (Fsp3) is 0.500. The highest BCUT2D eigenvalue weighted by Gasteiger charge is 2.35. The standard InChI is InChI=1S/C20H27N5/c21-19-8-10-22-20(23-19)15-24-12-9-18-17(14-24)7-4-11-25(18)13-16-5-2-1-3-6-16/h1-3,5-6,8,10,17-18H,4,7,9,11-15H2,(H2,21,22,23)/t17-,18-/m0/s1. The minimum atomic E-state index is 0.562. The van der Waals surface area contributed by atoms with Crippen molar-refractivity contribution in [2.45, 2.75) is 38.4 Å². The SMILES string of the molecule is Nc1ccnc(CN2CC[C@H]3[C@@H](CCCN3Cc3ccccc3)C2)n1. The lowest BCUT2D eigenvalue weighted by Crippen LogP contribution is -2.53. The van der Waals surface area contributed by atoms with Crippen LogP contribution in [0.3, 0.4) is 0 Å². The second kappa shape index (κ2) is 7.50. The quantitative estimate of drug-likeness (QED) is 0.929. The van der Waals surface area contributed by atoms with E-state index in [-0.39, 0.29) is 0 Å². The molecule has 1 aromatic carbocycles. The molecule has 2 aliphatic heterocycles. The molecule has 0 radical (unpaired) electrons. The minimum absolute atomic E-state index is 0.562. The molecule has 1 aromatic heterocycles.